The second-order valence-corrected chi connectivity index (χ2v) is 6.37. The van der Waals surface area contributed by atoms with Gasteiger partial charge < -0.3 is 5.11 Å². The van der Waals surface area contributed by atoms with Gasteiger partial charge in [-0.05, 0) is 18.6 Å². The molecule has 0 unspecified atom stereocenters. The number of H-pyrrole nitrogens is 1. The summed E-state index contributed by atoms with van der Waals surface area (Å²) in [6.45, 7) is 1.48. The van der Waals surface area contributed by atoms with Crippen LogP contribution in [0.5, 0.6) is 0 Å². The van der Waals surface area contributed by atoms with Crippen molar-refractivity contribution in [3.8, 4) is 0 Å². The zero-order valence-corrected chi connectivity index (χ0v) is 12.1. The predicted octanol–water partition coefficient (Wildman–Crippen LogP) is 0.426. The Hall–Kier alpha value is -1.77. The first-order chi connectivity index (χ1) is 9.46. The normalized spacial score (nSPS) is 12.0. The average molecular weight is 296 g/mol. The summed E-state index contributed by atoms with van der Waals surface area (Å²) in [5, 5.41) is 15.5. The third-order valence-corrected chi connectivity index (χ3v) is 4.75. The molecule has 0 spiro atoms. The van der Waals surface area contributed by atoms with E-state index in [0.29, 0.717) is 11.3 Å². The van der Waals surface area contributed by atoms with E-state index in [1.54, 1.807) is 31.5 Å². The molecule has 0 aromatic carbocycles. The van der Waals surface area contributed by atoms with Crippen molar-refractivity contribution in [3.05, 3.63) is 41.3 Å². The molecule has 2 aromatic rings. The van der Waals surface area contributed by atoms with Crippen LogP contribution in [0.1, 0.15) is 16.8 Å². The maximum Gasteiger partial charge on any atom is 0.262 e. The maximum absolute atomic E-state index is 12.4. The van der Waals surface area contributed by atoms with E-state index in [4.69, 9.17) is 0 Å². The summed E-state index contributed by atoms with van der Waals surface area (Å²) < 4.78 is 26.1. The second-order valence-electron chi connectivity index (χ2n) is 4.41. The Morgan fingerprint density at radius 2 is 2.20 bits per heavy atom. The van der Waals surface area contributed by atoms with E-state index in [2.05, 4.69) is 15.2 Å². The van der Waals surface area contributed by atoms with Gasteiger partial charge in [0.1, 0.15) is 0 Å². The summed E-state index contributed by atoms with van der Waals surface area (Å²) in [6.07, 6.45) is 3.23. The monoisotopic (exact) mass is 296 g/mol. The van der Waals surface area contributed by atoms with Crippen LogP contribution in [0.4, 0.5) is 0 Å². The van der Waals surface area contributed by atoms with Gasteiger partial charge in [0.05, 0.1) is 6.61 Å². The van der Waals surface area contributed by atoms with Gasteiger partial charge in [0.2, 0.25) is 0 Å². The van der Waals surface area contributed by atoms with Crippen LogP contribution in [0.2, 0.25) is 0 Å². The average Bonchev–Trinajstić information content (AvgIpc) is 2.81. The van der Waals surface area contributed by atoms with Crippen molar-refractivity contribution in [2.24, 2.45) is 0 Å². The highest BCUT2D eigenvalue weighted by Crippen LogP contribution is 2.20. The summed E-state index contributed by atoms with van der Waals surface area (Å²) in [7, 11) is -2.29. The highest BCUT2D eigenvalue weighted by molar-refractivity contribution is 7.89. The topological polar surface area (TPSA) is 99.2 Å². The number of hydrogen-bond donors (Lipinski definition) is 2. The zero-order chi connectivity index (χ0) is 14.8. The van der Waals surface area contributed by atoms with Gasteiger partial charge in [0, 0.05) is 37.2 Å². The van der Waals surface area contributed by atoms with Crippen LogP contribution in [0.15, 0.2) is 29.6 Å². The Bertz CT molecular complexity index is 682. The minimum Gasteiger partial charge on any atom is -0.392 e. The Morgan fingerprint density at radius 3 is 2.80 bits per heavy atom. The lowest BCUT2D eigenvalue weighted by Crippen LogP contribution is -2.27. The molecule has 2 aromatic heterocycles. The molecule has 0 saturated carbocycles. The van der Waals surface area contributed by atoms with Gasteiger partial charge in [-0.15, -0.1) is 0 Å². The maximum atomic E-state index is 12.4. The van der Waals surface area contributed by atoms with Crippen LogP contribution in [0.3, 0.4) is 0 Å². The van der Waals surface area contributed by atoms with Crippen molar-refractivity contribution in [2.45, 2.75) is 25.1 Å². The van der Waals surface area contributed by atoms with Crippen LogP contribution in [0, 0.1) is 6.92 Å². The third-order valence-electron chi connectivity index (χ3n) is 2.98. The number of aromatic nitrogens is 3. The van der Waals surface area contributed by atoms with Gasteiger partial charge >= 0.3 is 0 Å². The van der Waals surface area contributed by atoms with Gasteiger partial charge in [-0.2, -0.15) is 9.40 Å². The summed E-state index contributed by atoms with van der Waals surface area (Å²) in [5.74, 6) is 0. The fourth-order valence-electron chi connectivity index (χ4n) is 1.81. The van der Waals surface area contributed by atoms with Crippen molar-refractivity contribution >= 4 is 10.0 Å². The molecule has 8 heteroatoms. The number of nitrogens with zero attached hydrogens (tertiary/aromatic N) is 3. The minimum atomic E-state index is -3.76. The number of pyridine rings is 1. The van der Waals surface area contributed by atoms with E-state index < -0.39 is 10.0 Å². The molecule has 20 heavy (non-hydrogen) atoms. The molecule has 0 radical (unpaired) electrons. The van der Waals surface area contributed by atoms with Crippen molar-refractivity contribution in [2.75, 3.05) is 7.05 Å². The van der Waals surface area contributed by atoms with E-state index >= 15 is 0 Å². The quantitative estimate of drug-likeness (QED) is 0.833. The number of aromatic amines is 1. The van der Waals surface area contributed by atoms with E-state index in [1.807, 2.05) is 0 Å². The Morgan fingerprint density at radius 1 is 1.45 bits per heavy atom. The largest absolute Gasteiger partial charge is 0.392 e. The fraction of sp³-hybridized carbons (Fsp3) is 0.333. The second kappa shape index (κ2) is 5.70. The van der Waals surface area contributed by atoms with Crippen LogP contribution in [-0.4, -0.2) is 40.1 Å². The lowest BCUT2D eigenvalue weighted by atomic mass is 10.3. The summed E-state index contributed by atoms with van der Waals surface area (Å²) in [5.41, 5.74) is 1.61. The van der Waals surface area contributed by atoms with Gasteiger partial charge in [-0.25, -0.2) is 8.42 Å². The van der Waals surface area contributed by atoms with Gasteiger partial charge in [0.15, 0.2) is 5.03 Å². The molecule has 0 amide bonds. The molecule has 0 atom stereocenters. The summed E-state index contributed by atoms with van der Waals surface area (Å²) >= 11 is 0. The van der Waals surface area contributed by atoms with Crippen molar-refractivity contribution in [1.82, 2.24) is 19.5 Å². The van der Waals surface area contributed by atoms with E-state index in [-0.39, 0.29) is 18.2 Å². The molecule has 0 aliphatic heterocycles. The molecule has 0 aliphatic rings. The lowest BCUT2D eigenvalue weighted by molar-refractivity contribution is 0.277. The molecule has 2 N–H and O–H groups in total. The lowest BCUT2D eigenvalue weighted by Gasteiger charge is -2.16. The van der Waals surface area contributed by atoms with Crippen LogP contribution >= 0.6 is 0 Å². The van der Waals surface area contributed by atoms with Crippen molar-refractivity contribution in [1.29, 1.82) is 0 Å². The molecule has 0 aliphatic carbocycles. The zero-order valence-electron chi connectivity index (χ0n) is 11.2. The molecule has 2 heterocycles. The number of sulfonamides is 1. The smallest absolute Gasteiger partial charge is 0.262 e. The number of rotatable bonds is 5. The van der Waals surface area contributed by atoms with Gasteiger partial charge in [-0.1, -0.05) is 6.07 Å². The first-order valence-corrected chi connectivity index (χ1v) is 7.40. The molecule has 108 valence electrons. The number of aliphatic hydroxyl groups is 1. The fourth-order valence-corrected chi connectivity index (χ4v) is 3.12. The minimum absolute atomic E-state index is 0.135. The van der Waals surface area contributed by atoms with E-state index in [1.165, 1.54) is 11.4 Å². The van der Waals surface area contributed by atoms with Crippen molar-refractivity contribution < 1.29 is 13.5 Å². The number of hydrogen-bond acceptors (Lipinski definition) is 5. The van der Waals surface area contributed by atoms with Crippen LogP contribution < -0.4 is 0 Å². The molecule has 0 saturated heterocycles. The van der Waals surface area contributed by atoms with Crippen LogP contribution in [-0.2, 0) is 23.2 Å². The molecule has 0 fully saturated rings. The highest BCUT2D eigenvalue weighted by Gasteiger charge is 2.27. The first kappa shape index (κ1) is 14.6. The van der Waals surface area contributed by atoms with Gasteiger partial charge in [0.25, 0.3) is 10.0 Å². The van der Waals surface area contributed by atoms with E-state index in [9.17, 15) is 13.5 Å². The van der Waals surface area contributed by atoms with Gasteiger partial charge in [-0.3, -0.25) is 10.1 Å². The standard InChI is InChI=1S/C12H16N4O3S/c1-9-11(8-17)12(15-14-9)20(18,19)16(2)7-10-4-3-5-13-6-10/h3-6,17H,7-8H2,1-2H3,(H,14,15). The third kappa shape index (κ3) is 2.72. The first-order valence-electron chi connectivity index (χ1n) is 5.96. The molecular weight excluding hydrogens is 280 g/mol. The summed E-state index contributed by atoms with van der Waals surface area (Å²) in [6, 6.07) is 3.54. The van der Waals surface area contributed by atoms with Crippen LogP contribution in [0.25, 0.3) is 0 Å². The van der Waals surface area contributed by atoms with Crippen molar-refractivity contribution in [3.63, 3.8) is 0 Å². The predicted molar refractivity (Wildman–Crippen MR) is 72.1 cm³/mol. The molecule has 2 rings (SSSR count). The SMILES string of the molecule is Cc1[nH]nc(S(=O)(=O)N(C)Cc2cccnc2)c1CO. The molecule has 7 nitrogen and oxygen atoms in total. The molecular formula is C12H16N4O3S. The Kier molecular flexibility index (Phi) is 4.17. The molecule has 0 bridgehead atoms. The summed E-state index contributed by atoms with van der Waals surface area (Å²) in [4.78, 5) is 3.95. The highest BCUT2D eigenvalue weighted by atomic mass is 32.2. The number of nitrogens with one attached hydrogen (secondary N) is 1. The number of aryl methyl sites for hydroxylation is 1. The Labute approximate surface area is 117 Å². The van der Waals surface area contributed by atoms with E-state index in [0.717, 1.165) is 5.56 Å². The number of aliphatic hydroxyl groups excluding tert-OH is 1. The Balaban J connectivity index is 2.30.